The van der Waals surface area contributed by atoms with Gasteiger partial charge in [-0.3, -0.25) is 4.90 Å². The van der Waals surface area contributed by atoms with Crippen LogP contribution in [0.3, 0.4) is 0 Å². The zero-order valence-electron chi connectivity index (χ0n) is 10.9. The molecule has 1 aliphatic heterocycles. The maximum Gasteiger partial charge on any atom is 0.120 e. The Kier molecular flexibility index (Phi) is 3.40. The number of aromatic hydroxyl groups is 1. The number of likely N-dealkylation sites (tertiary alicyclic amines) is 1. The van der Waals surface area contributed by atoms with Crippen molar-refractivity contribution in [3.63, 3.8) is 0 Å². The number of nitrogens with two attached hydrogens (primary N) is 1. The van der Waals surface area contributed by atoms with E-state index in [4.69, 9.17) is 5.73 Å². The lowest BCUT2D eigenvalue weighted by Crippen LogP contribution is -2.21. The number of benzene rings is 1. The van der Waals surface area contributed by atoms with Crippen molar-refractivity contribution in [1.29, 1.82) is 0 Å². The number of hydrogen-bond acceptors (Lipinski definition) is 3. The van der Waals surface area contributed by atoms with Crippen molar-refractivity contribution in [2.75, 3.05) is 20.1 Å². The van der Waals surface area contributed by atoms with Gasteiger partial charge in [0.1, 0.15) is 5.75 Å². The monoisotopic (exact) mass is 234 g/mol. The minimum Gasteiger partial charge on any atom is -0.508 e. The van der Waals surface area contributed by atoms with Gasteiger partial charge in [0.15, 0.2) is 0 Å². The summed E-state index contributed by atoms with van der Waals surface area (Å²) in [6.07, 6.45) is 1.05. The van der Waals surface area contributed by atoms with Crippen molar-refractivity contribution < 1.29 is 5.11 Å². The highest BCUT2D eigenvalue weighted by Gasteiger charge is 2.32. The van der Waals surface area contributed by atoms with Crippen LogP contribution in [-0.2, 0) is 0 Å². The molecule has 0 amide bonds. The molecule has 3 heteroatoms. The summed E-state index contributed by atoms with van der Waals surface area (Å²) in [5.74, 6) is 0.974. The molecule has 17 heavy (non-hydrogen) atoms. The van der Waals surface area contributed by atoms with Crippen LogP contribution in [0.25, 0.3) is 0 Å². The molecule has 1 aliphatic rings. The van der Waals surface area contributed by atoms with Crippen LogP contribution >= 0.6 is 0 Å². The molecule has 1 fully saturated rings. The normalized spacial score (nSPS) is 25.4. The fourth-order valence-electron chi connectivity index (χ4n) is 3.00. The summed E-state index contributed by atoms with van der Waals surface area (Å²) in [7, 11) is 2.11. The molecule has 1 heterocycles. The van der Waals surface area contributed by atoms with Gasteiger partial charge in [-0.15, -0.1) is 0 Å². The maximum atomic E-state index is 10.2. The minimum absolute atomic E-state index is 0.309. The molecule has 0 aromatic heterocycles. The standard InChI is InChI=1S/C14H22N2O/c1-9-4-10(2)14(13(17)5-9)12-6-11(7-15)8-16(12)3/h4-5,11-12,17H,6-8,15H2,1-3H3. The van der Waals surface area contributed by atoms with Gasteiger partial charge in [-0.25, -0.2) is 0 Å². The maximum absolute atomic E-state index is 10.2. The summed E-state index contributed by atoms with van der Waals surface area (Å²) >= 11 is 0. The summed E-state index contributed by atoms with van der Waals surface area (Å²) in [5, 5.41) is 10.2. The molecule has 0 bridgehead atoms. The highest BCUT2D eigenvalue weighted by atomic mass is 16.3. The Morgan fingerprint density at radius 2 is 2.12 bits per heavy atom. The predicted octanol–water partition coefficient (Wildman–Crippen LogP) is 1.96. The highest BCUT2D eigenvalue weighted by molar-refractivity contribution is 5.44. The molecule has 0 radical (unpaired) electrons. The number of hydrogen-bond donors (Lipinski definition) is 2. The van der Waals surface area contributed by atoms with Gasteiger partial charge in [-0.1, -0.05) is 6.07 Å². The molecule has 0 aliphatic carbocycles. The summed E-state index contributed by atoms with van der Waals surface area (Å²) in [6.45, 7) is 5.84. The molecule has 1 aromatic carbocycles. The fourth-order valence-corrected chi connectivity index (χ4v) is 3.00. The first-order chi connectivity index (χ1) is 8.02. The Hall–Kier alpha value is -1.06. The van der Waals surface area contributed by atoms with E-state index in [1.165, 1.54) is 5.56 Å². The van der Waals surface area contributed by atoms with Crippen molar-refractivity contribution in [3.05, 3.63) is 28.8 Å². The summed E-state index contributed by atoms with van der Waals surface area (Å²) in [6, 6.07) is 4.30. The lowest BCUT2D eigenvalue weighted by atomic mass is 9.94. The summed E-state index contributed by atoms with van der Waals surface area (Å²) in [4.78, 5) is 2.30. The second-order valence-electron chi connectivity index (χ2n) is 5.31. The molecule has 0 spiro atoms. The smallest absolute Gasteiger partial charge is 0.120 e. The molecule has 2 rings (SSSR count). The third-order valence-electron chi connectivity index (χ3n) is 3.81. The van der Waals surface area contributed by atoms with Gasteiger partial charge in [-0.2, -0.15) is 0 Å². The summed E-state index contributed by atoms with van der Waals surface area (Å²) in [5.41, 5.74) is 9.11. The van der Waals surface area contributed by atoms with Crippen LogP contribution in [0.5, 0.6) is 5.75 Å². The van der Waals surface area contributed by atoms with E-state index >= 15 is 0 Å². The van der Waals surface area contributed by atoms with Gasteiger partial charge < -0.3 is 10.8 Å². The van der Waals surface area contributed by atoms with E-state index in [9.17, 15) is 5.11 Å². The number of rotatable bonds is 2. The van der Waals surface area contributed by atoms with Gasteiger partial charge in [-0.05, 0) is 57.0 Å². The van der Waals surface area contributed by atoms with Crippen molar-refractivity contribution in [1.82, 2.24) is 4.90 Å². The molecular weight excluding hydrogens is 212 g/mol. The molecule has 0 saturated carbocycles. The van der Waals surface area contributed by atoms with Crippen molar-refractivity contribution >= 4 is 0 Å². The first-order valence-corrected chi connectivity index (χ1v) is 6.23. The Labute approximate surface area is 103 Å². The lowest BCUT2D eigenvalue weighted by Gasteiger charge is -2.23. The zero-order chi connectivity index (χ0) is 12.6. The van der Waals surface area contributed by atoms with Crippen molar-refractivity contribution in [3.8, 4) is 5.75 Å². The Bertz CT molecular complexity index is 394. The molecule has 1 saturated heterocycles. The van der Waals surface area contributed by atoms with Crippen molar-refractivity contribution in [2.24, 2.45) is 11.7 Å². The Morgan fingerprint density at radius 1 is 1.41 bits per heavy atom. The highest BCUT2D eigenvalue weighted by Crippen LogP contribution is 2.39. The van der Waals surface area contributed by atoms with Crippen LogP contribution in [0.15, 0.2) is 12.1 Å². The van der Waals surface area contributed by atoms with Gasteiger partial charge in [0.25, 0.3) is 0 Å². The van der Waals surface area contributed by atoms with Gasteiger partial charge in [0, 0.05) is 18.2 Å². The van der Waals surface area contributed by atoms with Crippen molar-refractivity contribution in [2.45, 2.75) is 26.3 Å². The topological polar surface area (TPSA) is 49.5 Å². The van der Waals surface area contributed by atoms with Gasteiger partial charge in [0.2, 0.25) is 0 Å². The minimum atomic E-state index is 0.309. The predicted molar refractivity (Wildman–Crippen MR) is 70.1 cm³/mol. The second-order valence-corrected chi connectivity index (χ2v) is 5.31. The lowest BCUT2D eigenvalue weighted by molar-refractivity contribution is 0.305. The molecule has 2 unspecified atom stereocenters. The van der Waals surface area contributed by atoms with Gasteiger partial charge in [0.05, 0.1) is 0 Å². The van der Waals surface area contributed by atoms with Crippen LogP contribution in [-0.4, -0.2) is 30.1 Å². The largest absolute Gasteiger partial charge is 0.508 e. The van der Waals surface area contributed by atoms with E-state index in [0.29, 0.717) is 17.7 Å². The molecule has 2 atom stereocenters. The van der Waals surface area contributed by atoms with E-state index < -0.39 is 0 Å². The second kappa shape index (κ2) is 4.67. The molecule has 94 valence electrons. The van der Waals surface area contributed by atoms with Crippen LogP contribution in [0.2, 0.25) is 0 Å². The first-order valence-electron chi connectivity index (χ1n) is 6.23. The van der Waals surface area contributed by atoms with E-state index in [1.807, 2.05) is 13.0 Å². The number of nitrogens with zero attached hydrogens (tertiary/aromatic N) is 1. The van der Waals surface area contributed by atoms with Crippen LogP contribution < -0.4 is 5.73 Å². The van der Waals surface area contributed by atoms with E-state index in [1.54, 1.807) is 0 Å². The number of phenolic OH excluding ortho intramolecular Hbond substituents is 1. The van der Waals surface area contributed by atoms with Gasteiger partial charge >= 0.3 is 0 Å². The summed E-state index contributed by atoms with van der Waals surface area (Å²) < 4.78 is 0. The molecule has 1 aromatic rings. The first kappa shape index (κ1) is 12.4. The number of phenols is 1. The van der Waals surface area contributed by atoms with E-state index in [-0.39, 0.29) is 0 Å². The Balaban J connectivity index is 2.35. The number of aryl methyl sites for hydroxylation is 2. The average Bonchev–Trinajstić information content (AvgIpc) is 2.59. The van der Waals surface area contributed by atoms with E-state index in [0.717, 1.165) is 30.6 Å². The molecular formula is C14H22N2O. The SMILES string of the molecule is Cc1cc(C)c(C2CC(CN)CN2C)c(O)c1. The van der Waals surface area contributed by atoms with E-state index in [2.05, 4.69) is 24.9 Å². The average molecular weight is 234 g/mol. The third-order valence-corrected chi connectivity index (χ3v) is 3.81. The fraction of sp³-hybridized carbons (Fsp3) is 0.571. The quantitative estimate of drug-likeness (QED) is 0.822. The van der Waals surface area contributed by atoms with Crippen LogP contribution in [0.4, 0.5) is 0 Å². The molecule has 3 N–H and O–H groups in total. The zero-order valence-corrected chi connectivity index (χ0v) is 10.9. The van der Waals surface area contributed by atoms with Crippen LogP contribution in [0, 0.1) is 19.8 Å². The third kappa shape index (κ3) is 2.31. The molecule has 3 nitrogen and oxygen atoms in total. The Morgan fingerprint density at radius 3 is 2.65 bits per heavy atom. The van der Waals surface area contributed by atoms with Crippen LogP contribution in [0.1, 0.15) is 29.2 Å².